The molecular weight excluding hydrogens is 289 g/mol. The maximum Gasteiger partial charge on any atom is 0.292 e. The molecule has 0 unspecified atom stereocenters. The Morgan fingerprint density at radius 3 is 2.68 bits per heavy atom. The molecule has 0 saturated carbocycles. The third-order valence-corrected chi connectivity index (χ3v) is 2.98. The van der Waals surface area contributed by atoms with Crippen LogP contribution in [0.2, 0.25) is 0 Å². The molecule has 114 valence electrons. The van der Waals surface area contributed by atoms with Crippen molar-refractivity contribution < 1.29 is 14.1 Å². The average molecular weight is 303 g/mol. The summed E-state index contributed by atoms with van der Waals surface area (Å²) in [5.41, 5.74) is 0.589. The highest BCUT2D eigenvalue weighted by atomic mass is 19.1. The summed E-state index contributed by atoms with van der Waals surface area (Å²) in [6.07, 6.45) is 0. The van der Waals surface area contributed by atoms with Gasteiger partial charge in [-0.05, 0) is 24.3 Å². The van der Waals surface area contributed by atoms with Crippen LogP contribution in [0, 0.1) is 15.9 Å². The summed E-state index contributed by atoms with van der Waals surface area (Å²) in [4.78, 5) is 23.9. The van der Waals surface area contributed by atoms with Crippen LogP contribution in [0.5, 0.6) is 0 Å². The van der Waals surface area contributed by atoms with Crippen molar-refractivity contribution in [3.8, 4) is 0 Å². The number of amides is 1. The fourth-order valence-corrected chi connectivity index (χ4v) is 2.01. The second-order valence-corrected chi connectivity index (χ2v) is 4.66. The van der Waals surface area contributed by atoms with E-state index in [9.17, 15) is 19.3 Å². The Labute approximate surface area is 126 Å². The number of likely N-dealkylation sites (N-methyl/N-ethyl adjacent to an activating group) is 1. The standard InChI is InChI=1S/C15H14FN3O3/c1-18(13-7-2-3-8-14(13)19(21)22)10-15(20)17-12-6-4-5-11(16)9-12/h2-9H,10H2,1H3,(H,17,20). The molecule has 0 bridgehead atoms. The molecule has 0 fully saturated rings. The van der Waals surface area contributed by atoms with Gasteiger partial charge in [0, 0.05) is 18.8 Å². The normalized spacial score (nSPS) is 10.1. The first kappa shape index (κ1) is 15.4. The van der Waals surface area contributed by atoms with E-state index in [2.05, 4.69) is 5.32 Å². The van der Waals surface area contributed by atoms with Gasteiger partial charge in [0.25, 0.3) is 5.69 Å². The number of para-hydroxylation sites is 2. The molecule has 0 aliphatic carbocycles. The minimum atomic E-state index is -0.504. The Balaban J connectivity index is 2.07. The van der Waals surface area contributed by atoms with Gasteiger partial charge in [-0.15, -0.1) is 0 Å². The first-order valence-electron chi connectivity index (χ1n) is 6.47. The quantitative estimate of drug-likeness (QED) is 0.680. The summed E-state index contributed by atoms with van der Waals surface area (Å²) in [5, 5.41) is 13.5. The van der Waals surface area contributed by atoms with E-state index < -0.39 is 16.6 Å². The number of carbonyl (C=O) groups is 1. The van der Waals surface area contributed by atoms with Crippen molar-refractivity contribution >= 4 is 23.0 Å². The molecule has 7 heteroatoms. The molecule has 0 aliphatic rings. The van der Waals surface area contributed by atoms with Gasteiger partial charge in [0.05, 0.1) is 11.5 Å². The number of nitrogens with one attached hydrogen (secondary N) is 1. The molecule has 0 spiro atoms. The van der Waals surface area contributed by atoms with E-state index >= 15 is 0 Å². The molecule has 1 amide bonds. The Kier molecular flexibility index (Phi) is 4.67. The average Bonchev–Trinajstić information content (AvgIpc) is 2.47. The number of nitrogens with zero attached hydrogens (tertiary/aromatic N) is 2. The molecule has 0 aromatic heterocycles. The van der Waals surface area contributed by atoms with Crippen molar-refractivity contribution in [1.82, 2.24) is 0 Å². The number of halogens is 1. The van der Waals surface area contributed by atoms with Gasteiger partial charge in [-0.25, -0.2) is 4.39 Å². The molecule has 0 radical (unpaired) electrons. The molecule has 22 heavy (non-hydrogen) atoms. The van der Waals surface area contributed by atoms with Crippen molar-refractivity contribution in [3.63, 3.8) is 0 Å². The fourth-order valence-electron chi connectivity index (χ4n) is 2.01. The fraction of sp³-hybridized carbons (Fsp3) is 0.133. The van der Waals surface area contributed by atoms with Gasteiger partial charge in [0.2, 0.25) is 5.91 Å². The molecule has 0 atom stereocenters. The predicted octanol–water partition coefficient (Wildman–Crippen LogP) is 2.81. The Morgan fingerprint density at radius 1 is 1.27 bits per heavy atom. The van der Waals surface area contributed by atoms with Crippen LogP contribution in [0.15, 0.2) is 48.5 Å². The van der Waals surface area contributed by atoms with Gasteiger partial charge in [0.1, 0.15) is 11.5 Å². The summed E-state index contributed by atoms with van der Waals surface area (Å²) in [7, 11) is 1.58. The number of nitro groups is 1. The van der Waals surface area contributed by atoms with E-state index in [-0.39, 0.29) is 12.2 Å². The maximum atomic E-state index is 13.1. The SMILES string of the molecule is CN(CC(=O)Nc1cccc(F)c1)c1ccccc1[N+](=O)[O-]. The zero-order valence-electron chi connectivity index (χ0n) is 11.8. The number of nitro benzene ring substituents is 1. The Morgan fingerprint density at radius 2 is 2.00 bits per heavy atom. The highest BCUT2D eigenvalue weighted by Crippen LogP contribution is 2.26. The number of rotatable bonds is 5. The van der Waals surface area contributed by atoms with E-state index in [0.717, 1.165) is 0 Å². The van der Waals surface area contributed by atoms with E-state index in [1.807, 2.05) is 0 Å². The van der Waals surface area contributed by atoms with E-state index in [1.165, 1.54) is 29.2 Å². The number of anilines is 2. The van der Waals surface area contributed by atoms with Crippen molar-refractivity contribution in [1.29, 1.82) is 0 Å². The minimum absolute atomic E-state index is 0.0800. The van der Waals surface area contributed by atoms with Gasteiger partial charge in [0.15, 0.2) is 0 Å². The summed E-state index contributed by atoms with van der Waals surface area (Å²) in [5.74, 6) is -0.851. The van der Waals surface area contributed by atoms with Crippen LogP contribution in [-0.2, 0) is 4.79 Å². The van der Waals surface area contributed by atoms with Gasteiger partial charge in [-0.1, -0.05) is 18.2 Å². The molecule has 0 aliphatic heterocycles. The van der Waals surface area contributed by atoms with E-state index in [1.54, 1.807) is 31.3 Å². The number of benzene rings is 2. The van der Waals surface area contributed by atoms with Crippen LogP contribution in [-0.4, -0.2) is 24.4 Å². The zero-order chi connectivity index (χ0) is 16.1. The summed E-state index contributed by atoms with van der Waals surface area (Å²) >= 11 is 0. The van der Waals surface area contributed by atoms with E-state index in [4.69, 9.17) is 0 Å². The molecule has 2 aromatic carbocycles. The van der Waals surface area contributed by atoms with Crippen LogP contribution in [0.3, 0.4) is 0 Å². The molecule has 6 nitrogen and oxygen atoms in total. The second-order valence-electron chi connectivity index (χ2n) is 4.66. The van der Waals surface area contributed by atoms with Crippen LogP contribution in [0.25, 0.3) is 0 Å². The molecule has 2 rings (SSSR count). The third kappa shape index (κ3) is 3.78. The van der Waals surface area contributed by atoms with Crippen LogP contribution < -0.4 is 10.2 Å². The summed E-state index contributed by atoms with van der Waals surface area (Å²) < 4.78 is 13.1. The lowest BCUT2D eigenvalue weighted by Crippen LogP contribution is -2.30. The Bertz CT molecular complexity index is 706. The van der Waals surface area contributed by atoms with Crippen molar-refractivity contribution in [3.05, 3.63) is 64.5 Å². The lowest BCUT2D eigenvalue weighted by molar-refractivity contribution is -0.384. The molecule has 0 heterocycles. The third-order valence-electron chi connectivity index (χ3n) is 2.98. The highest BCUT2D eigenvalue weighted by Gasteiger charge is 2.17. The number of carbonyl (C=O) groups excluding carboxylic acids is 1. The Hall–Kier alpha value is -2.96. The van der Waals surface area contributed by atoms with Crippen LogP contribution >= 0.6 is 0 Å². The highest BCUT2D eigenvalue weighted by molar-refractivity contribution is 5.94. The summed E-state index contributed by atoms with van der Waals surface area (Å²) in [6, 6.07) is 11.7. The lowest BCUT2D eigenvalue weighted by Gasteiger charge is -2.18. The molecule has 2 aromatic rings. The molecular formula is C15H14FN3O3. The van der Waals surface area contributed by atoms with Gasteiger partial charge in [-0.2, -0.15) is 0 Å². The van der Waals surface area contributed by atoms with Crippen molar-refractivity contribution in [2.75, 3.05) is 23.8 Å². The zero-order valence-corrected chi connectivity index (χ0v) is 11.8. The lowest BCUT2D eigenvalue weighted by atomic mass is 10.2. The topological polar surface area (TPSA) is 75.5 Å². The van der Waals surface area contributed by atoms with Gasteiger partial charge >= 0.3 is 0 Å². The monoisotopic (exact) mass is 303 g/mol. The first-order valence-corrected chi connectivity index (χ1v) is 6.47. The summed E-state index contributed by atoms with van der Waals surface area (Å²) in [6.45, 7) is -0.0959. The van der Waals surface area contributed by atoms with E-state index in [0.29, 0.717) is 11.4 Å². The van der Waals surface area contributed by atoms with Crippen LogP contribution in [0.1, 0.15) is 0 Å². The van der Waals surface area contributed by atoms with Gasteiger partial charge in [-0.3, -0.25) is 14.9 Å². The maximum absolute atomic E-state index is 13.1. The van der Waals surface area contributed by atoms with Gasteiger partial charge < -0.3 is 10.2 Å². The van der Waals surface area contributed by atoms with Crippen LogP contribution in [0.4, 0.5) is 21.5 Å². The minimum Gasteiger partial charge on any atom is -0.360 e. The molecule has 0 saturated heterocycles. The number of hydrogen-bond donors (Lipinski definition) is 1. The number of hydrogen-bond acceptors (Lipinski definition) is 4. The largest absolute Gasteiger partial charge is 0.360 e. The van der Waals surface area contributed by atoms with Crippen molar-refractivity contribution in [2.24, 2.45) is 0 Å². The first-order chi connectivity index (χ1) is 10.5. The smallest absolute Gasteiger partial charge is 0.292 e. The predicted molar refractivity (Wildman–Crippen MR) is 81.4 cm³/mol. The van der Waals surface area contributed by atoms with Crippen molar-refractivity contribution in [2.45, 2.75) is 0 Å². The second kappa shape index (κ2) is 6.66. The molecule has 1 N–H and O–H groups in total.